The van der Waals surface area contributed by atoms with E-state index in [1.165, 1.54) is 11.3 Å². The van der Waals surface area contributed by atoms with Crippen LogP contribution in [0.25, 0.3) is 5.65 Å². The number of nitrogens with zero attached hydrogens (tertiary/aromatic N) is 3. The highest BCUT2D eigenvalue weighted by Crippen LogP contribution is 2.31. The van der Waals surface area contributed by atoms with E-state index in [1.54, 1.807) is 0 Å². The lowest BCUT2D eigenvalue weighted by Crippen LogP contribution is -2.14. The van der Waals surface area contributed by atoms with Crippen molar-refractivity contribution in [3.63, 3.8) is 0 Å². The maximum Gasteiger partial charge on any atom is 0.231 e. The second kappa shape index (κ2) is 5.86. The molecule has 0 unspecified atom stereocenters. The highest BCUT2D eigenvalue weighted by molar-refractivity contribution is 7.16. The van der Waals surface area contributed by atoms with Crippen molar-refractivity contribution >= 4 is 27.9 Å². The number of carbonyl (C=O) groups excluding carboxylic acids is 1. The van der Waals surface area contributed by atoms with Crippen LogP contribution in [0.15, 0.2) is 24.5 Å². The molecule has 0 atom stereocenters. The Morgan fingerprint density at radius 2 is 2.22 bits per heavy atom. The van der Waals surface area contributed by atoms with Crippen LogP contribution in [-0.2, 0) is 11.2 Å². The number of aryl methyl sites for hydroxylation is 2. The molecule has 0 fully saturated rings. The Kier molecular flexibility index (Phi) is 3.89. The normalized spacial score (nSPS) is 10.7. The van der Waals surface area contributed by atoms with Gasteiger partial charge in [0.15, 0.2) is 0 Å². The maximum absolute atomic E-state index is 12.3. The van der Waals surface area contributed by atoms with E-state index in [9.17, 15) is 10.1 Å². The minimum absolute atomic E-state index is 0.163. The van der Waals surface area contributed by atoms with Gasteiger partial charge in [-0.3, -0.25) is 4.79 Å². The molecule has 0 spiro atoms. The Morgan fingerprint density at radius 1 is 1.43 bits per heavy atom. The number of hydrogen-bond acceptors (Lipinski definition) is 4. The van der Waals surface area contributed by atoms with E-state index >= 15 is 0 Å². The first-order valence-electron chi connectivity index (χ1n) is 7.22. The summed E-state index contributed by atoms with van der Waals surface area (Å²) in [7, 11) is 0. The van der Waals surface area contributed by atoms with Gasteiger partial charge >= 0.3 is 0 Å². The number of carbonyl (C=O) groups is 1. The Balaban J connectivity index is 1.80. The van der Waals surface area contributed by atoms with Crippen molar-refractivity contribution in [3.8, 4) is 6.07 Å². The fourth-order valence-electron chi connectivity index (χ4n) is 2.47. The lowest BCUT2D eigenvalue weighted by molar-refractivity contribution is -0.115. The molecule has 3 rings (SSSR count). The first-order valence-corrected chi connectivity index (χ1v) is 8.04. The molecule has 0 aliphatic heterocycles. The third-order valence-corrected chi connectivity index (χ3v) is 4.94. The highest BCUT2D eigenvalue weighted by atomic mass is 32.1. The fourth-order valence-corrected chi connectivity index (χ4v) is 3.50. The number of aromatic nitrogens is 2. The van der Waals surface area contributed by atoms with Crippen LogP contribution in [0.5, 0.6) is 0 Å². The number of pyridine rings is 1. The quantitative estimate of drug-likeness (QED) is 0.803. The number of thiophene rings is 1. The van der Waals surface area contributed by atoms with Gasteiger partial charge in [0.2, 0.25) is 5.91 Å². The van der Waals surface area contributed by atoms with Crippen molar-refractivity contribution in [3.05, 3.63) is 51.8 Å². The van der Waals surface area contributed by atoms with Gasteiger partial charge in [0.1, 0.15) is 16.7 Å². The molecule has 3 aromatic heterocycles. The van der Waals surface area contributed by atoms with Gasteiger partial charge in [-0.1, -0.05) is 6.07 Å². The number of nitriles is 1. The number of nitrogens with one attached hydrogen (secondary N) is 1. The Bertz CT molecular complexity index is 946. The highest BCUT2D eigenvalue weighted by Gasteiger charge is 2.15. The van der Waals surface area contributed by atoms with Crippen molar-refractivity contribution in [2.45, 2.75) is 27.2 Å². The molecule has 5 nitrogen and oxygen atoms in total. The monoisotopic (exact) mass is 324 g/mol. The Labute approximate surface area is 138 Å². The maximum atomic E-state index is 12.3. The molecule has 1 N–H and O–H groups in total. The molecule has 0 saturated carbocycles. The van der Waals surface area contributed by atoms with E-state index < -0.39 is 0 Å². The average Bonchev–Trinajstić information content (AvgIpc) is 3.01. The molecule has 3 aromatic rings. The van der Waals surface area contributed by atoms with Crippen LogP contribution >= 0.6 is 11.3 Å². The average molecular weight is 324 g/mol. The van der Waals surface area contributed by atoms with Crippen molar-refractivity contribution in [1.29, 1.82) is 5.26 Å². The molecule has 6 heteroatoms. The Hall–Kier alpha value is -2.65. The molecular formula is C17H16N4OS. The molecule has 0 aromatic carbocycles. The minimum atomic E-state index is -0.163. The third kappa shape index (κ3) is 2.83. The minimum Gasteiger partial charge on any atom is -0.316 e. The summed E-state index contributed by atoms with van der Waals surface area (Å²) < 4.78 is 1.91. The van der Waals surface area contributed by atoms with Gasteiger partial charge < -0.3 is 9.72 Å². The standard InChI is InChI=1S/C17H16N4OS/c1-10-5-4-6-21-9-13(19-16(10)21)7-15(22)20-17-14(8-18)11(2)12(3)23-17/h4-6,9H,7H2,1-3H3,(H,20,22). The number of hydrogen-bond donors (Lipinski definition) is 1. The number of rotatable bonds is 3. The molecule has 0 aliphatic carbocycles. The van der Waals surface area contributed by atoms with E-state index in [0.717, 1.165) is 21.7 Å². The van der Waals surface area contributed by atoms with Crippen LogP contribution in [-0.4, -0.2) is 15.3 Å². The van der Waals surface area contributed by atoms with Gasteiger partial charge in [-0.15, -0.1) is 11.3 Å². The summed E-state index contributed by atoms with van der Waals surface area (Å²) in [5.74, 6) is -0.163. The van der Waals surface area contributed by atoms with E-state index in [-0.39, 0.29) is 12.3 Å². The van der Waals surface area contributed by atoms with E-state index in [0.29, 0.717) is 16.3 Å². The largest absolute Gasteiger partial charge is 0.316 e. The van der Waals surface area contributed by atoms with Crippen molar-refractivity contribution in [2.75, 3.05) is 5.32 Å². The molecule has 0 radical (unpaired) electrons. The third-order valence-electron chi connectivity index (χ3n) is 3.82. The number of imidazole rings is 1. The van der Waals surface area contributed by atoms with E-state index in [1.807, 2.05) is 49.7 Å². The number of anilines is 1. The summed E-state index contributed by atoms with van der Waals surface area (Å²) in [4.78, 5) is 17.8. The topological polar surface area (TPSA) is 70.2 Å². The number of amides is 1. The molecule has 3 heterocycles. The fraction of sp³-hybridized carbons (Fsp3) is 0.235. The predicted molar refractivity (Wildman–Crippen MR) is 90.8 cm³/mol. The first-order chi connectivity index (χ1) is 11.0. The zero-order valence-corrected chi connectivity index (χ0v) is 14.0. The van der Waals surface area contributed by atoms with Crippen LogP contribution in [0.1, 0.15) is 27.3 Å². The lowest BCUT2D eigenvalue weighted by atomic mass is 10.2. The van der Waals surface area contributed by atoms with Crippen LogP contribution in [0.4, 0.5) is 5.00 Å². The summed E-state index contributed by atoms with van der Waals surface area (Å²) in [6, 6.07) is 6.10. The van der Waals surface area contributed by atoms with Crippen molar-refractivity contribution < 1.29 is 4.79 Å². The molecule has 0 saturated heterocycles. The second-order valence-corrected chi connectivity index (χ2v) is 6.70. The summed E-state index contributed by atoms with van der Waals surface area (Å²) in [6.45, 7) is 5.83. The second-order valence-electron chi connectivity index (χ2n) is 5.48. The molecule has 23 heavy (non-hydrogen) atoms. The summed E-state index contributed by atoms with van der Waals surface area (Å²) >= 11 is 1.43. The van der Waals surface area contributed by atoms with E-state index in [2.05, 4.69) is 16.4 Å². The number of fused-ring (bicyclic) bond motifs is 1. The van der Waals surface area contributed by atoms with Gasteiger partial charge in [0.05, 0.1) is 17.7 Å². The van der Waals surface area contributed by atoms with Gasteiger partial charge in [-0.05, 0) is 38.0 Å². The van der Waals surface area contributed by atoms with Crippen LogP contribution in [0.3, 0.4) is 0 Å². The van der Waals surface area contributed by atoms with Gasteiger partial charge in [0, 0.05) is 17.3 Å². The van der Waals surface area contributed by atoms with Crippen molar-refractivity contribution in [1.82, 2.24) is 9.38 Å². The van der Waals surface area contributed by atoms with Gasteiger partial charge in [-0.2, -0.15) is 5.26 Å². The van der Waals surface area contributed by atoms with Crippen molar-refractivity contribution in [2.24, 2.45) is 0 Å². The summed E-state index contributed by atoms with van der Waals surface area (Å²) in [5.41, 5.74) is 4.11. The zero-order chi connectivity index (χ0) is 16.6. The SMILES string of the molecule is Cc1sc(NC(=O)Cc2cn3cccc(C)c3n2)c(C#N)c1C. The predicted octanol–water partition coefficient (Wildman–Crippen LogP) is 3.37. The lowest BCUT2D eigenvalue weighted by Gasteiger charge is -2.01. The molecule has 116 valence electrons. The van der Waals surface area contributed by atoms with Gasteiger partial charge in [-0.25, -0.2) is 4.98 Å². The van der Waals surface area contributed by atoms with Crippen LogP contribution in [0.2, 0.25) is 0 Å². The van der Waals surface area contributed by atoms with E-state index in [4.69, 9.17) is 0 Å². The Morgan fingerprint density at radius 3 is 2.91 bits per heavy atom. The zero-order valence-electron chi connectivity index (χ0n) is 13.2. The van der Waals surface area contributed by atoms with Crippen LogP contribution < -0.4 is 5.32 Å². The molecule has 0 bridgehead atoms. The van der Waals surface area contributed by atoms with Crippen LogP contribution in [0, 0.1) is 32.1 Å². The molecule has 1 amide bonds. The first kappa shape index (κ1) is 15.3. The van der Waals surface area contributed by atoms with Gasteiger partial charge in [0.25, 0.3) is 0 Å². The summed E-state index contributed by atoms with van der Waals surface area (Å²) in [5, 5.41) is 12.7. The smallest absolute Gasteiger partial charge is 0.231 e. The summed E-state index contributed by atoms with van der Waals surface area (Å²) in [6.07, 6.45) is 3.95. The molecule has 0 aliphatic rings. The molecular weight excluding hydrogens is 308 g/mol.